The van der Waals surface area contributed by atoms with Crippen LogP contribution in [0.5, 0.6) is 0 Å². The number of piperidine rings is 1. The third kappa shape index (κ3) is 5.81. The zero-order valence-corrected chi connectivity index (χ0v) is 15.4. The SMILES string of the molecule is CC1CCN(CC(=O)Nc2cnn(CC(=O)NC[C@H]3CCCO3)c2)CC1. The number of nitrogens with one attached hydrogen (secondary N) is 2. The van der Waals surface area contributed by atoms with Crippen molar-refractivity contribution in [1.82, 2.24) is 20.0 Å². The van der Waals surface area contributed by atoms with Crippen LogP contribution in [0.1, 0.15) is 32.6 Å². The van der Waals surface area contributed by atoms with Crippen molar-refractivity contribution >= 4 is 17.5 Å². The first-order chi connectivity index (χ1) is 12.6. The smallest absolute Gasteiger partial charge is 0.241 e. The van der Waals surface area contributed by atoms with Gasteiger partial charge in [-0.25, -0.2) is 0 Å². The molecule has 2 aliphatic heterocycles. The van der Waals surface area contributed by atoms with Crippen molar-refractivity contribution in [1.29, 1.82) is 0 Å². The van der Waals surface area contributed by atoms with Gasteiger partial charge in [0.15, 0.2) is 0 Å². The minimum atomic E-state index is -0.107. The number of carbonyl (C=O) groups excluding carboxylic acids is 2. The van der Waals surface area contributed by atoms with E-state index in [1.165, 1.54) is 4.68 Å². The number of amides is 2. The molecule has 0 saturated carbocycles. The third-order valence-electron chi connectivity index (χ3n) is 5.02. The van der Waals surface area contributed by atoms with E-state index in [0.717, 1.165) is 51.3 Å². The summed E-state index contributed by atoms with van der Waals surface area (Å²) in [6.45, 7) is 6.05. The zero-order valence-electron chi connectivity index (χ0n) is 15.4. The highest BCUT2D eigenvalue weighted by Crippen LogP contribution is 2.15. The van der Waals surface area contributed by atoms with E-state index >= 15 is 0 Å². The third-order valence-corrected chi connectivity index (χ3v) is 5.02. The first-order valence-electron chi connectivity index (χ1n) is 9.51. The van der Waals surface area contributed by atoms with Gasteiger partial charge in [-0.05, 0) is 44.7 Å². The topological polar surface area (TPSA) is 88.5 Å². The van der Waals surface area contributed by atoms with E-state index < -0.39 is 0 Å². The Labute approximate surface area is 154 Å². The molecular weight excluding hydrogens is 334 g/mol. The highest BCUT2D eigenvalue weighted by atomic mass is 16.5. The van der Waals surface area contributed by atoms with E-state index in [-0.39, 0.29) is 24.5 Å². The molecule has 144 valence electrons. The Kier molecular flexibility index (Phi) is 6.62. The van der Waals surface area contributed by atoms with Crippen LogP contribution < -0.4 is 10.6 Å². The van der Waals surface area contributed by atoms with Gasteiger partial charge in [-0.3, -0.25) is 19.2 Å². The molecular formula is C18H29N5O3. The number of aromatic nitrogens is 2. The van der Waals surface area contributed by atoms with Gasteiger partial charge in [0, 0.05) is 19.3 Å². The Balaban J connectivity index is 1.38. The summed E-state index contributed by atoms with van der Waals surface area (Å²) in [5.41, 5.74) is 0.618. The Bertz CT molecular complexity index is 604. The van der Waals surface area contributed by atoms with E-state index in [1.54, 1.807) is 12.4 Å². The van der Waals surface area contributed by atoms with Gasteiger partial charge in [-0.1, -0.05) is 6.92 Å². The van der Waals surface area contributed by atoms with Gasteiger partial charge in [0.2, 0.25) is 11.8 Å². The molecule has 0 unspecified atom stereocenters. The molecule has 0 spiro atoms. The Morgan fingerprint density at radius 3 is 2.77 bits per heavy atom. The fourth-order valence-electron chi connectivity index (χ4n) is 3.37. The van der Waals surface area contributed by atoms with E-state index in [1.807, 2.05) is 0 Å². The fourth-order valence-corrected chi connectivity index (χ4v) is 3.37. The number of carbonyl (C=O) groups is 2. The number of nitrogens with zero attached hydrogens (tertiary/aromatic N) is 3. The van der Waals surface area contributed by atoms with Gasteiger partial charge < -0.3 is 15.4 Å². The predicted octanol–water partition coefficient (Wildman–Crippen LogP) is 0.849. The second-order valence-corrected chi connectivity index (χ2v) is 7.37. The number of ether oxygens (including phenoxy) is 1. The van der Waals surface area contributed by atoms with Crippen molar-refractivity contribution < 1.29 is 14.3 Å². The van der Waals surface area contributed by atoms with E-state index in [0.29, 0.717) is 18.8 Å². The Hall–Kier alpha value is -1.93. The summed E-state index contributed by atoms with van der Waals surface area (Å²) in [7, 11) is 0. The number of hydrogen-bond acceptors (Lipinski definition) is 5. The largest absolute Gasteiger partial charge is 0.376 e. The maximum atomic E-state index is 12.2. The molecule has 3 rings (SSSR count). The lowest BCUT2D eigenvalue weighted by Crippen LogP contribution is -2.38. The molecule has 1 atom stereocenters. The van der Waals surface area contributed by atoms with Gasteiger partial charge in [-0.2, -0.15) is 5.10 Å². The van der Waals surface area contributed by atoms with Crippen LogP contribution in [0.2, 0.25) is 0 Å². The van der Waals surface area contributed by atoms with Gasteiger partial charge in [-0.15, -0.1) is 0 Å². The molecule has 2 amide bonds. The average Bonchev–Trinajstić information content (AvgIpc) is 3.27. The van der Waals surface area contributed by atoms with Crippen molar-refractivity contribution in [2.24, 2.45) is 5.92 Å². The lowest BCUT2D eigenvalue weighted by atomic mass is 9.99. The summed E-state index contributed by atoms with van der Waals surface area (Å²) in [5.74, 6) is 0.602. The number of rotatable bonds is 7. The molecule has 8 nitrogen and oxygen atoms in total. The van der Waals surface area contributed by atoms with Crippen LogP contribution in [0.4, 0.5) is 5.69 Å². The summed E-state index contributed by atoms with van der Waals surface area (Å²) in [5, 5.41) is 9.86. The lowest BCUT2D eigenvalue weighted by Gasteiger charge is -2.29. The predicted molar refractivity (Wildman–Crippen MR) is 97.7 cm³/mol. The quantitative estimate of drug-likeness (QED) is 0.750. The summed E-state index contributed by atoms with van der Waals surface area (Å²) in [4.78, 5) is 26.3. The second-order valence-electron chi connectivity index (χ2n) is 7.37. The van der Waals surface area contributed by atoms with Crippen molar-refractivity contribution in [3.63, 3.8) is 0 Å². The zero-order chi connectivity index (χ0) is 18.4. The van der Waals surface area contributed by atoms with Crippen LogP contribution in [0.3, 0.4) is 0 Å². The molecule has 26 heavy (non-hydrogen) atoms. The highest BCUT2D eigenvalue weighted by molar-refractivity contribution is 5.92. The maximum absolute atomic E-state index is 12.2. The highest BCUT2D eigenvalue weighted by Gasteiger charge is 2.19. The molecule has 2 saturated heterocycles. The first kappa shape index (κ1) is 18.8. The molecule has 2 fully saturated rings. The molecule has 0 aromatic carbocycles. The van der Waals surface area contributed by atoms with Crippen molar-refractivity contribution in [2.75, 3.05) is 38.1 Å². The van der Waals surface area contributed by atoms with Crippen LogP contribution in [-0.2, 0) is 20.9 Å². The van der Waals surface area contributed by atoms with Crippen LogP contribution in [-0.4, -0.2) is 65.4 Å². The second kappa shape index (κ2) is 9.14. The van der Waals surface area contributed by atoms with Crippen LogP contribution in [0.15, 0.2) is 12.4 Å². The summed E-state index contributed by atoms with van der Waals surface area (Å²) in [6.07, 6.45) is 7.72. The maximum Gasteiger partial charge on any atom is 0.241 e. The van der Waals surface area contributed by atoms with Crippen LogP contribution in [0.25, 0.3) is 0 Å². The molecule has 2 N–H and O–H groups in total. The molecule has 1 aromatic heterocycles. The number of hydrogen-bond donors (Lipinski definition) is 2. The van der Waals surface area contributed by atoms with Crippen LogP contribution in [0, 0.1) is 5.92 Å². The first-order valence-corrected chi connectivity index (χ1v) is 9.51. The molecule has 0 aliphatic carbocycles. The molecule has 2 aliphatic rings. The summed E-state index contributed by atoms with van der Waals surface area (Å²) >= 11 is 0. The summed E-state index contributed by atoms with van der Waals surface area (Å²) in [6, 6.07) is 0. The van der Waals surface area contributed by atoms with E-state index in [9.17, 15) is 9.59 Å². The van der Waals surface area contributed by atoms with Gasteiger partial charge in [0.1, 0.15) is 6.54 Å². The average molecular weight is 363 g/mol. The van der Waals surface area contributed by atoms with Gasteiger partial charge >= 0.3 is 0 Å². The minimum absolute atomic E-state index is 0.0399. The standard InChI is InChI=1S/C18H29N5O3/c1-14-4-6-22(7-5-14)12-18(25)21-15-9-20-23(11-15)13-17(24)19-10-16-3-2-8-26-16/h9,11,14,16H,2-8,10,12-13H2,1H3,(H,19,24)(H,21,25)/t16-/m1/s1. The minimum Gasteiger partial charge on any atom is -0.376 e. The van der Waals surface area contributed by atoms with Crippen LogP contribution >= 0.6 is 0 Å². The fraction of sp³-hybridized carbons (Fsp3) is 0.722. The van der Waals surface area contributed by atoms with E-state index in [2.05, 4.69) is 27.6 Å². The van der Waals surface area contributed by atoms with Crippen molar-refractivity contribution in [3.8, 4) is 0 Å². The number of likely N-dealkylation sites (tertiary alicyclic amines) is 1. The van der Waals surface area contributed by atoms with Gasteiger partial charge in [0.05, 0.1) is 24.5 Å². The molecule has 8 heteroatoms. The molecule has 0 bridgehead atoms. The summed E-state index contributed by atoms with van der Waals surface area (Å²) < 4.78 is 7.01. The lowest BCUT2D eigenvalue weighted by molar-refractivity contribution is -0.122. The normalized spacial score (nSPS) is 21.7. The molecule has 1 aromatic rings. The van der Waals surface area contributed by atoms with Crippen molar-refractivity contribution in [3.05, 3.63) is 12.4 Å². The number of anilines is 1. The van der Waals surface area contributed by atoms with E-state index in [4.69, 9.17) is 4.74 Å². The monoisotopic (exact) mass is 363 g/mol. The molecule has 0 radical (unpaired) electrons. The van der Waals surface area contributed by atoms with Gasteiger partial charge in [0.25, 0.3) is 0 Å². The molecule has 3 heterocycles. The Morgan fingerprint density at radius 2 is 2.04 bits per heavy atom. The Morgan fingerprint density at radius 1 is 1.23 bits per heavy atom. The van der Waals surface area contributed by atoms with Crippen molar-refractivity contribution in [2.45, 2.75) is 45.3 Å².